The third-order valence-corrected chi connectivity index (χ3v) is 3.53. The third-order valence-electron chi connectivity index (χ3n) is 2.73. The van der Waals surface area contributed by atoms with E-state index in [0.717, 1.165) is 26.8 Å². The molecular weight excluding hydrogens is 308 g/mol. The largest absolute Gasteiger partial charge is 0.339 e. The normalized spacial score (nSPS) is 10.7. The van der Waals surface area contributed by atoms with Gasteiger partial charge in [0.15, 0.2) is 0 Å². The number of hydrogen-bond acceptors (Lipinski definition) is 2. The molecule has 0 spiro atoms. The number of nitrogens with zero attached hydrogens (tertiary/aromatic N) is 1. The Morgan fingerprint density at radius 2 is 1.83 bits per heavy atom. The van der Waals surface area contributed by atoms with Crippen molar-refractivity contribution in [3.63, 3.8) is 0 Å². The van der Waals surface area contributed by atoms with Gasteiger partial charge >= 0.3 is 0 Å². The summed E-state index contributed by atoms with van der Waals surface area (Å²) in [6.45, 7) is 0. The summed E-state index contributed by atoms with van der Waals surface area (Å²) in [4.78, 5) is 7.76. The predicted octanol–water partition coefficient (Wildman–Crippen LogP) is 4.72. The molecule has 0 aliphatic rings. The molecule has 0 saturated carbocycles. The highest BCUT2D eigenvalue weighted by molar-refractivity contribution is 9.10. The molecule has 0 bridgehead atoms. The first-order valence-electron chi connectivity index (χ1n) is 5.49. The number of fused-ring (bicyclic) bond motifs is 1. The van der Waals surface area contributed by atoms with Crippen molar-refractivity contribution in [1.29, 1.82) is 0 Å². The average molecular weight is 317 g/mol. The van der Waals surface area contributed by atoms with Crippen molar-refractivity contribution in [3.8, 4) is 11.4 Å². The number of hydrogen-bond donors (Lipinski definition) is 1. The van der Waals surface area contributed by atoms with Crippen LogP contribution in [0.5, 0.6) is 0 Å². The number of aromatic amines is 1. The number of rotatable bonds is 1. The topological polar surface area (TPSA) is 28.7 Å². The number of benzene rings is 2. The van der Waals surface area contributed by atoms with Gasteiger partial charge in [0.05, 0.1) is 5.52 Å². The molecule has 4 heteroatoms. The quantitative estimate of drug-likeness (QED) is 0.658. The molecule has 2 aromatic carbocycles. The second kappa shape index (κ2) is 4.63. The van der Waals surface area contributed by atoms with Crippen LogP contribution < -0.4 is 0 Å². The molecule has 3 rings (SSSR count). The van der Waals surface area contributed by atoms with E-state index in [1.807, 2.05) is 48.5 Å². The van der Waals surface area contributed by atoms with Gasteiger partial charge in [-0.25, -0.2) is 4.98 Å². The molecule has 2 nitrogen and oxygen atoms in total. The zero-order chi connectivity index (χ0) is 12.5. The fraction of sp³-hybridized carbons (Fsp3) is 0. The highest BCUT2D eigenvalue weighted by Gasteiger charge is 2.03. The van der Waals surface area contributed by atoms with Crippen LogP contribution in [0.3, 0.4) is 0 Å². The van der Waals surface area contributed by atoms with Gasteiger partial charge in [0, 0.05) is 15.4 Å². The van der Waals surface area contributed by atoms with Crippen LogP contribution in [0.2, 0.25) is 0 Å². The summed E-state index contributed by atoms with van der Waals surface area (Å²) < 4.78 is 1.62. The van der Waals surface area contributed by atoms with Crippen LogP contribution in [0.1, 0.15) is 0 Å². The zero-order valence-electron chi connectivity index (χ0n) is 9.35. The van der Waals surface area contributed by atoms with Gasteiger partial charge in [-0.1, -0.05) is 58.5 Å². The van der Waals surface area contributed by atoms with E-state index in [1.54, 1.807) is 0 Å². The van der Waals surface area contributed by atoms with E-state index in [9.17, 15) is 0 Å². The summed E-state index contributed by atoms with van der Waals surface area (Å²) in [5.41, 5.74) is 2.03. The van der Waals surface area contributed by atoms with Gasteiger partial charge in [0.2, 0.25) is 0 Å². The highest BCUT2D eigenvalue weighted by atomic mass is 79.9. The van der Waals surface area contributed by atoms with Crippen LogP contribution >= 0.6 is 28.1 Å². The zero-order valence-corrected chi connectivity index (χ0v) is 11.8. The molecule has 1 heterocycles. The van der Waals surface area contributed by atoms with E-state index >= 15 is 0 Å². The summed E-state index contributed by atoms with van der Waals surface area (Å²) in [7, 11) is 0. The summed E-state index contributed by atoms with van der Waals surface area (Å²) in [5.74, 6) is 0.801. The Morgan fingerprint density at radius 3 is 2.61 bits per heavy atom. The van der Waals surface area contributed by atoms with Crippen LogP contribution in [0.4, 0.5) is 0 Å². The summed E-state index contributed by atoms with van der Waals surface area (Å²) in [6, 6.07) is 16.0. The molecular formula is C14H9BrN2S. The van der Waals surface area contributed by atoms with Gasteiger partial charge in [-0.15, -0.1) is 0 Å². The molecule has 0 atom stereocenters. The van der Waals surface area contributed by atoms with Crippen molar-refractivity contribution in [2.45, 2.75) is 0 Å². The van der Waals surface area contributed by atoms with E-state index in [-0.39, 0.29) is 0 Å². The van der Waals surface area contributed by atoms with Gasteiger partial charge in [-0.2, -0.15) is 0 Å². The van der Waals surface area contributed by atoms with E-state index in [2.05, 4.69) is 25.9 Å². The minimum atomic E-state index is 0.615. The molecule has 3 aromatic rings. The number of nitrogens with one attached hydrogen (secondary N) is 1. The van der Waals surface area contributed by atoms with Gasteiger partial charge in [0.1, 0.15) is 10.5 Å². The minimum Gasteiger partial charge on any atom is -0.339 e. The monoisotopic (exact) mass is 316 g/mol. The minimum absolute atomic E-state index is 0.615. The van der Waals surface area contributed by atoms with Crippen LogP contribution in [0.25, 0.3) is 22.3 Å². The van der Waals surface area contributed by atoms with Crippen LogP contribution in [0.15, 0.2) is 53.0 Å². The molecule has 18 heavy (non-hydrogen) atoms. The maximum atomic E-state index is 5.35. The van der Waals surface area contributed by atoms with Crippen molar-refractivity contribution >= 4 is 39.1 Å². The Labute approximate surface area is 118 Å². The molecule has 0 amide bonds. The molecule has 88 valence electrons. The maximum absolute atomic E-state index is 5.35. The molecule has 0 saturated heterocycles. The van der Waals surface area contributed by atoms with E-state index in [4.69, 9.17) is 12.2 Å². The fourth-order valence-corrected chi connectivity index (χ4v) is 2.47. The maximum Gasteiger partial charge on any atom is 0.139 e. The Bertz CT molecular complexity index is 766. The highest BCUT2D eigenvalue weighted by Crippen LogP contribution is 2.22. The number of halogens is 1. The first kappa shape index (κ1) is 11.6. The van der Waals surface area contributed by atoms with E-state index in [1.165, 1.54) is 0 Å². The van der Waals surface area contributed by atoms with E-state index in [0.29, 0.717) is 4.64 Å². The standard InChI is InChI=1S/C14H9BrN2S/c15-10-6-7-12-11(8-10)14(18)17-13(16-12)9-4-2-1-3-5-9/h1-8H,(H,16,17,18). The fourth-order valence-electron chi connectivity index (χ4n) is 1.85. The van der Waals surface area contributed by atoms with Crippen molar-refractivity contribution in [2.24, 2.45) is 0 Å². The Balaban J connectivity index is 2.29. The predicted molar refractivity (Wildman–Crippen MR) is 80.1 cm³/mol. The van der Waals surface area contributed by atoms with Crippen LogP contribution in [-0.4, -0.2) is 9.97 Å². The van der Waals surface area contributed by atoms with Gasteiger partial charge < -0.3 is 4.98 Å². The second-order valence-corrected chi connectivity index (χ2v) is 5.25. The number of aromatic nitrogens is 2. The first-order valence-corrected chi connectivity index (χ1v) is 6.69. The van der Waals surface area contributed by atoms with Gasteiger partial charge in [-0.3, -0.25) is 0 Å². The molecule has 0 unspecified atom stereocenters. The SMILES string of the molecule is S=c1nc(-c2ccccc2)[nH]c2ccc(Br)cc12. The summed E-state index contributed by atoms with van der Waals surface area (Å²) in [6.07, 6.45) is 0. The van der Waals surface area contributed by atoms with Gasteiger partial charge in [-0.05, 0) is 18.2 Å². The molecule has 0 fully saturated rings. The first-order chi connectivity index (χ1) is 8.74. The second-order valence-electron chi connectivity index (χ2n) is 3.95. The van der Waals surface area contributed by atoms with E-state index < -0.39 is 0 Å². The molecule has 1 aromatic heterocycles. The lowest BCUT2D eigenvalue weighted by Gasteiger charge is -2.04. The summed E-state index contributed by atoms with van der Waals surface area (Å²) in [5, 5.41) is 0.957. The number of H-pyrrole nitrogens is 1. The van der Waals surface area contributed by atoms with Crippen molar-refractivity contribution < 1.29 is 0 Å². The molecule has 1 N–H and O–H groups in total. The Hall–Kier alpha value is -1.52. The van der Waals surface area contributed by atoms with Crippen molar-refractivity contribution in [3.05, 3.63) is 57.6 Å². The molecule has 0 radical (unpaired) electrons. The molecule has 0 aliphatic carbocycles. The smallest absolute Gasteiger partial charge is 0.139 e. The van der Waals surface area contributed by atoms with Crippen LogP contribution in [0, 0.1) is 4.64 Å². The Morgan fingerprint density at radius 1 is 1.06 bits per heavy atom. The van der Waals surface area contributed by atoms with Crippen molar-refractivity contribution in [1.82, 2.24) is 9.97 Å². The summed E-state index contributed by atoms with van der Waals surface area (Å²) >= 11 is 8.79. The lowest BCUT2D eigenvalue weighted by atomic mass is 10.2. The van der Waals surface area contributed by atoms with Crippen molar-refractivity contribution in [2.75, 3.05) is 0 Å². The molecule has 0 aliphatic heterocycles. The average Bonchev–Trinajstić information content (AvgIpc) is 2.40. The van der Waals surface area contributed by atoms with Crippen LogP contribution in [-0.2, 0) is 0 Å². The lowest BCUT2D eigenvalue weighted by molar-refractivity contribution is 1.21. The van der Waals surface area contributed by atoms with Gasteiger partial charge in [0.25, 0.3) is 0 Å². The third kappa shape index (κ3) is 2.09. The Kier molecular flexibility index (Phi) is 2.97. The lowest BCUT2D eigenvalue weighted by Crippen LogP contribution is -1.91.